The number of methoxy groups -OCH3 is 1. The van der Waals surface area contributed by atoms with Crippen LogP contribution in [0.2, 0.25) is 0 Å². The SMILES string of the molecule is COc1cnc(C(=O)Nc2ccc(F)c([C@@]3(C)N=C(NC(=O)OC(C)(C)C)C(C)(C)S4(=O)=NCC[C@@H]34)n2)cn1. The van der Waals surface area contributed by atoms with Crippen LogP contribution in [0.15, 0.2) is 33.9 Å². The topological polar surface area (TPSA) is 157 Å². The van der Waals surface area contributed by atoms with E-state index < -0.39 is 48.7 Å². The summed E-state index contributed by atoms with van der Waals surface area (Å²) in [6.45, 7) is 10.4. The van der Waals surface area contributed by atoms with Gasteiger partial charge in [-0.3, -0.25) is 15.1 Å². The number of anilines is 1. The molecule has 1 unspecified atom stereocenters. The van der Waals surface area contributed by atoms with E-state index in [0.29, 0.717) is 6.42 Å². The maximum absolute atomic E-state index is 15.4. The molecular formula is C25H32FN7O5S. The van der Waals surface area contributed by atoms with Crippen molar-refractivity contribution in [3.05, 3.63) is 41.7 Å². The number of hydrogen-bond acceptors (Lipinski definition) is 10. The second-order valence-corrected chi connectivity index (χ2v) is 13.9. The third kappa shape index (κ3) is 5.16. The fourth-order valence-electron chi connectivity index (χ4n) is 4.61. The number of aromatic nitrogens is 3. The average Bonchev–Trinajstić information content (AvgIpc) is 3.27. The first-order valence-electron chi connectivity index (χ1n) is 12.3. The quantitative estimate of drug-likeness (QED) is 0.575. The second-order valence-electron chi connectivity index (χ2n) is 10.9. The fraction of sp³-hybridized carbons (Fsp3) is 0.520. The van der Waals surface area contributed by atoms with Gasteiger partial charge in [-0.25, -0.2) is 32.7 Å². The molecule has 0 saturated heterocycles. The number of fused-ring (bicyclic) bond motifs is 1. The molecule has 2 aromatic heterocycles. The third-order valence-corrected chi connectivity index (χ3v) is 10.3. The van der Waals surface area contributed by atoms with Crippen molar-refractivity contribution >= 4 is 33.4 Å². The zero-order chi connectivity index (χ0) is 28.8. The lowest BCUT2D eigenvalue weighted by atomic mass is 9.89. The van der Waals surface area contributed by atoms with Crippen LogP contribution in [0.4, 0.5) is 15.0 Å². The van der Waals surface area contributed by atoms with Crippen LogP contribution in [0.5, 0.6) is 5.88 Å². The predicted octanol–water partition coefficient (Wildman–Crippen LogP) is 3.44. The van der Waals surface area contributed by atoms with Gasteiger partial charge < -0.3 is 14.8 Å². The van der Waals surface area contributed by atoms with Gasteiger partial charge in [0.25, 0.3) is 5.91 Å². The van der Waals surface area contributed by atoms with Gasteiger partial charge in [0, 0.05) is 6.54 Å². The van der Waals surface area contributed by atoms with Crippen LogP contribution in [-0.4, -0.2) is 66.2 Å². The molecule has 4 rings (SSSR count). The summed E-state index contributed by atoms with van der Waals surface area (Å²) in [5.41, 5.74) is -2.42. The van der Waals surface area contributed by atoms with E-state index in [1.165, 1.54) is 25.6 Å². The molecule has 2 amide bonds. The molecule has 0 spiro atoms. The number of hydrogen-bond donors (Lipinski definition) is 2. The zero-order valence-electron chi connectivity index (χ0n) is 22.9. The van der Waals surface area contributed by atoms with Gasteiger partial charge in [0.1, 0.15) is 44.7 Å². The summed E-state index contributed by atoms with van der Waals surface area (Å²) in [5, 5.41) is 4.51. The molecule has 2 aliphatic rings. The van der Waals surface area contributed by atoms with Gasteiger partial charge in [0.2, 0.25) is 5.88 Å². The van der Waals surface area contributed by atoms with E-state index >= 15 is 4.39 Å². The Hall–Kier alpha value is -3.68. The maximum Gasteiger partial charge on any atom is 0.413 e. The average molecular weight is 562 g/mol. The number of nitrogens with zero attached hydrogens (tertiary/aromatic N) is 5. The largest absolute Gasteiger partial charge is 0.480 e. The van der Waals surface area contributed by atoms with Gasteiger partial charge >= 0.3 is 6.09 Å². The number of carbonyl (C=O) groups excluding carboxylic acids is 2. The summed E-state index contributed by atoms with van der Waals surface area (Å²) >= 11 is 0. The summed E-state index contributed by atoms with van der Waals surface area (Å²) < 4.78 is 43.5. The number of amides is 2. The highest BCUT2D eigenvalue weighted by molar-refractivity contribution is 7.96. The van der Waals surface area contributed by atoms with Crippen molar-refractivity contribution in [2.75, 3.05) is 19.0 Å². The van der Waals surface area contributed by atoms with Crippen LogP contribution in [0.3, 0.4) is 0 Å². The Bertz CT molecular complexity index is 1460. The van der Waals surface area contributed by atoms with Crippen molar-refractivity contribution in [1.82, 2.24) is 20.3 Å². The molecule has 2 N–H and O–H groups in total. The van der Waals surface area contributed by atoms with Crippen molar-refractivity contribution in [3.8, 4) is 5.88 Å². The fourth-order valence-corrected chi connectivity index (χ4v) is 7.79. The minimum absolute atomic E-state index is 0.00594. The Kier molecular flexibility index (Phi) is 7.13. The Morgan fingerprint density at radius 3 is 2.46 bits per heavy atom. The Morgan fingerprint density at radius 2 is 1.85 bits per heavy atom. The minimum atomic E-state index is -3.07. The van der Waals surface area contributed by atoms with E-state index in [1.807, 2.05) is 0 Å². The zero-order valence-corrected chi connectivity index (χ0v) is 23.7. The van der Waals surface area contributed by atoms with E-state index in [-0.39, 0.29) is 35.5 Å². The first kappa shape index (κ1) is 28.3. The molecule has 39 heavy (non-hydrogen) atoms. The monoisotopic (exact) mass is 561 g/mol. The van der Waals surface area contributed by atoms with Crippen LogP contribution in [0.25, 0.3) is 0 Å². The van der Waals surface area contributed by atoms with E-state index in [0.717, 1.165) is 6.07 Å². The summed E-state index contributed by atoms with van der Waals surface area (Å²) in [4.78, 5) is 42.5. The van der Waals surface area contributed by atoms with Crippen molar-refractivity contribution in [2.24, 2.45) is 9.36 Å². The molecule has 210 valence electrons. The number of ether oxygens (including phenoxy) is 2. The van der Waals surface area contributed by atoms with E-state index in [1.54, 1.807) is 41.5 Å². The van der Waals surface area contributed by atoms with Crippen molar-refractivity contribution in [1.29, 1.82) is 0 Å². The summed E-state index contributed by atoms with van der Waals surface area (Å²) in [7, 11) is -1.65. The highest BCUT2D eigenvalue weighted by atomic mass is 32.2. The lowest BCUT2D eigenvalue weighted by molar-refractivity contribution is 0.0560. The van der Waals surface area contributed by atoms with Crippen LogP contribution in [-0.2, 0) is 20.0 Å². The molecule has 4 heterocycles. The molecular weight excluding hydrogens is 529 g/mol. The molecule has 3 atom stereocenters. The lowest BCUT2D eigenvalue weighted by Gasteiger charge is -2.44. The maximum atomic E-state index is 15.4. The molecule has 0 radical (unpaired) electrons. The number of carbonyl (C=O) groups is 2. The van der Waals surface area contributed by atoms with E-state index in [9.17, 15) is 13.8 Å². The smallest absolute Gasteiger partial charge is 0.413 e. The third-order valence-electron chi connectivity index (χ3n) is 6.59. The van der Waals surface area contributed by atoms with E-state index in [2.05, 4.69) is 29.9 Å². The summed E-state index contributed by atoms with van der Waals surface area (Å²) in [6.07, 6.45) is 2.11. The standard InChI is InChI=1S/C25H32FN7O5S/c1-23(2,3)38-22(35)32-21-24(4,5)39(36)16(10-11-29-39)25(6,33-21)19-14(26)8-9-17(30-19)31-20(34)15-12-28-18(37-7)13-27-15/h8-9,12-13,16H,10-11H2,1-7H3,(H,30,31,34)(H,32,33,35)/t16-,25-,39?/m0/s1. The highest BCUT2D eigenvalue weighted by Gasteiger charge is 2.58. The minimum Gasteiger partial charge on any atom is -0.480 e. The number of alkyl carbamates (subject to hydrolysis) is 1. The molecule has 14 heteroatoms. The first-order valence-corrected chi connectivity index (χ1v) is 13.8. The Balaban J connectivity index is 1.76. The van der Waals surface area contributed by atoms with Gasteiger partial charge in [0.05, 0.1) is 34.5 Å². The number of nitrogens with one attached hydrogen (secondary N) is 2. The van der Waals surface area contributed by atoms with Crippen LogP contribution < -0.4 is 15.4 Å². The van der Waals surface area contributed by atoms with Crippen LogP contribution in [0, 0.1) is 5.82 Å². The number of pyridine rings is 1. The molecule has 0 aromatic carbocycles. The molecule has 2 aliphatic heterocycles. The Labute approximate surface area is 226 Å². The molecule has 0 saturated carbocycles. The molecule has 2 aromatic rings. The van der Waals surface area contributed by atoms with E-state index in [4.69, 9.17) is 14.5 Å². The van der Waals surface area contributed by atoms with Crippen molar-refractivity contribution in [2.45, 2.75) is 69.1 Å². The van der Waals surface area contributed by atoms with Gasteiger partial charge in [-0.1, -0.05) is 0 Å². The van der Waals surface area contributed by atoms with Crippen LogP contribution >= 0.6 is 0 Å². The summed E-state index contributed by atoms with van der Waals surface area (Å²) in [6, 6.07) is 2.44. The predicted molar refractivity (Wildman–Crippen MR) is 143 cm³/mol. The number of aliphatic imine (C=N–C) groups is 1. The second kappa shape index (κ2) is 9.81. The Morgan fingerprint density at radius 1 is 1.13 bits per heavy atom. The number of amidine groups is 1. The van der Waals surface area contributed by atoms with Crippen molar-refractivity contribution < 1.29 is 27.7 Å². The van der Waals surface area contributed by atoms with Crippen LogP contribution in [0.1, 0.15) is 64.1 Å². The molecule has 0 aliphatic carbocycles. The normalized spacial score (nSPS) is 25.5. The van der Waals surface area contributed by atoms with Gasteiger partial charge in [-0.15, -0.1) is 0 Å². The van der Waals surface area contributed by atoms with Gasteiger partial charge in [-0.2, -0.15) is 0 Å². The van der Waals surface area contributed by atoms with Gasteiger partial charge in [-0.05, 0) is 60.1 Å². The molecule has 0 bridgehead atoms. The van der Waals surface area contributed by atoms with Gasteiger partial charge in [0.15, 0.2) is 0 Å². The molecule has 0 fully saturated rings. The number of rotatable bonds is 4. The first-order chi connectivity index (χ1) is 18.1. The highest BCUT2D eigenvalue weighted by Crippen LogP contribution is 2.47. The van der Waals surface area contributed by atoms with Crippen molar-refractivity contribution in [3.63, 3.8) is 0 Å². The molecule has 12 nitrogen and oxygen atoms in total. The summed E-state index contributed by atoms with van der Waals surface area (Å²) in [5.74, 6) is -1.02. The number of halogens is 1. The lowest BCUT2D eigenvalue weighted by Crippen LogP contribution is -2.61.